The third kappa shape index (κ3) is 2.95. The standard InChI is InChI=1S/C15H22BrN3/c1-11-8-15(18-9-13(11)16)19-7-3-4-12(10-19)14-5-2-6-17-14/h8-9,12,14,17H,2-7,10H2,1H3. The van der Waals surface area contributed by atoms with Crippen LogP contribution in [0.1, 0.15) is 31.2 Å². The molecule has 1 aromatic rings. The Morgan fingerprint density at radius 3 is 3.00 bits per heavy atom. The normalized spacial score (nSPS) is 27.8. The number of halogens is 1. The SMILES string of the molecule is Cc1cc(N2CCCC(C3CCCN3)C2)ncc1Br. The number of nitrogens with zero attached hydrogens (tertiary/aromatic N) is 2. The van der Waals surface area contributed by atoms with E-state index in [1.165, 1.54) is 37.8 Å². The number of rotatable bonds is 2. The topological polar surface area (TPSA) is 28.2 Å². The Labute approximate surface area is 123 Å². The number of piperidine rings is 1. The Kier molecular flexibility index (Phi) is 4.08. The predicted molar refractivity (Wildman–Crippen MR) is 82.6 cm³/mol. The van der Waals surface area contributed by atoms with Crippen molar-refractivity contribution in [1.82, 2.24) is 10.3 Å². The van der Waals surface area contributed by atoms with Crippen LogP contribution in [0, 0.1) is 12.8 Å². The lowest BCUT2D eigenvalue weighted by molar-refractivity contribution is 0.328. The second-order valence-electron chi connectivity index (χ2n) is 5.84. The van der Waals surface area contributed by atoms with Gasteiger partial charge in [-0.1, -0.05) is 0 Å². The number of anilines is 1. The van der Waals surface area contributed by atoms with Crippen LogP contribution in [0.3, 0.4) is 0 Å². The summed E-state index contributed by atoms with van der Waals surface area (Å²) in [4.78, 5) is 7.05. The third-order valence-electron chi connectivity index (χ3n) is 4.48. The van der Waals surface area contributed by atoms with Crippen LogP contribution in [0.4, 0.5) is 5.82 Å². The van der Waals surface area contributed by atoms with Gasteiger partial charge in [0.05, 0.1) is 0 Å². The molecule has 2 unspecified atom stereocenters. The van der Waals surface area contributed by atoms with Crippen molar-refractivity contribution in [3.63, 3.8) is 0 Å². The van der Waals surface area contributed by atoms with Crippen molar-refractivity contribution in [2.45, 2.75) is 38.6 Å². The van der Waals surface area contributed by atoms with Crippen LogP contribution >= 0.6 is 15.9 Å². The van der Waals surface area contributed by atoms with Gasteiger partial charge in [0, 0.05) is 29.8 Å². The summed E-state index contributed by atoms with van der Waals surface area (Å²) in [6.45, 7) is 5.65. The van der Waals surface area contributed by atoms with Crippen molar-refractivity contribution < 1.29 is 0 Å². The number of hydrogen-bond donors (Lipinski definition) is 1. The Balaban J connectivity index is 1.71. The van der Waals surface area contributed by atoms with Gasteiger partial charge in [0.15, 0.2) is 0 Å². The van der Waals surface area contributed by atoms with Crippen LogP contribution in [-0.2, 0) is 0 Å². The molecule has 0 aromatic carbocycles. The monoisotopic (exact) mass is 323 g/mol. The van der Waals surface area contributed by atoms with E-state index in [0.717, 1.165) is 35.3 Å². The van der Waals surface area contributed by atoms with Crippen molar-refractivity contribution in [2.75, 3.05) is 24.5 Å². The summed E-state index contributed by atoms with van der Waals surface area (Å²) in [6, 6.07) is 2.94. The second kappa shape index (κ2) is 5.80. The molecule has 1 aromatic heterocycles. The number of hydrogen-bond acceptors (Lipinski definition) is 3. The molecule has 2 aliphatic rings. The molecule has 2 saturated heterocycles. The average Bonchev–Trinajstić information content (AvgIpc) is 2.96. The zero-order valence-electron chi connectivity index (χ0n) is 11.5. The summed E-state index contributed by atoms with van der Waals surface area (Å²) >= 11 is 3.53. The van der Waals surface area contributed by atoms with E-state index < -0.39 is 0 Å². The average molecular weight is 324 g/mol. The molecule has 2 aliphatic heterocycles. The molecule has 3 heterocycles. The largest absolute Gasteiger partial charge is 0.356 e. The van der Waals surface area contributed by atoms with Gasteiger partial charge in [0.1, 0.15) is 5.82 Å². The van der Waals surface area contributed by atoms with Crippen molar-refractivity contribution in [2.24, 2.45) is 5.92 Å². The number of aryl methyl sites for hydroxylation is 1. The molecule has 3 rings (SSSR count). The predicted octanol–water partition coefficient (Wildman–Crippen LogP) is 3.12. The van der Waals surface area contributed by atoms with Gasteiger partial charge in [-0.05, 0) is 72.6 Å². The van der Waals surface area contributed by atoms with E-state index in [9.17, 15) is 0 Å². The molecule has 0 aliphatic carbocycles. The minimum Gasteiger partial charge on any atom is -0.356 e. The van der Waals surface area contributed by atoms with Gasteiger partial charge in [0.25, 0.3) is 0 Å². The van der Waals surface area contributed by atoms with E-state index in [1.54, 1.807) is 0 Å². The number of pyridine rings is 1. The molecule has 19 heavy (non-hydrogen) atoms. The molecule has 3 nitrogen and oxygen atoms in total. The zero-order valence-corrected chi connectivity index (χ0v) is 13.1. The highest BCUT2D eigenvalue weighted by Crippen LogP contribution is 2.28. The van der Waals surface area contributed by atoms with Crippen molar-refractivity contribution in [3.8, 4) is 0 Å². The van der Waals surface area contributed by atoms with Crippen molar-refractivity contribution >= 4 is 21.7 Å². The molecular weight excluding hydrogens is 302 g/mol. The van der Waals surface area contributed by atoms with Gasteiger partial charge >= 0.3 is 0 Å². The van der Waals surface area contributed by atoms with E-state index >= 15 is 0 Å². The first-order valence-electron chi connectivity index (χ1n) is 7.34. The first kappa shape index (κ1) is 13.4. The summed E-state index contributed by atoms with van der Waals surface area (Å²) in [5, 5.41) is 3.66. The molecule has 0 amide bonds. The van der Waals surface area contributed by atoms with Crippen LogP contribution in [0.2, 0.25) is 0 Å². The van der Waals surface area contributed by atoms with E-state index in [1.807, 2.05) is 6.20 Å². The maximum atomic E-state index is 4.58. The van der Waals surface area contributed by atoms with Gasteiger partial charge in [-0.3, -0.25) is 0 Å². The Morgan fingerprint density at radius 2 is 2.26 bits per heavy atom. The summed E-state index contributed by atoms with van der Waals surface area (Å²) in [5.74, 6) is 1.94. The van der Waals surface area contributed by atoms with Gasteiger partial charge in [0.2, 0.25) is 0 Å². The molecular formula is C15H22BrN3. The summed E-state index contributed by atoms with van der Waals surface area (Å²) < 4.78 is 1.10. The Bertz CT molecular complexity index is 443. The zero-order chi connectivity index (χ0) is 13.2. The molecule has 0 spiro atoms. The number of aromatic nitrogens is 1. The van der Waals surface area contributed by atoms with Gasteiger partial charge in [-0.2, -0.15) is 0 Å². The quantitative estimate of drug-likeness (QED) is 0.906. The Morgan fingerprint density at radius 1 is 1.37 bits per heavy atom. The van der Waals surface area contributed by atoms with Crippen LogP contribution in [0.15, 0.2) is 16.7 Å². The lowest BCUT2D eigenvalue weighted by Gasteiger charge is -2.36. The molecule has 104 valence electrons. The first-order valence-corrected chi connectivity index (χ1v) is 8.14. The van der Waals surface area contributed by atoms with E-state index in [0.29, 0.717) is 0 Å². The van der Waals surface area contributed by atoms with Gasteiger partial charge < -0.3 is 10.2 Å². The van der Waals surface area contributed by atoms with Gasteiger partial charge in [-0.15, -0.1) is 0 Å². The fraction of sp³-hybridized carbons (Fsp3) is 0.667. The fourth-order valence-corrected chi connectivity index (χ4v) is 3.57. The lowest BCUT2D eigenvalue weighted by Crippen LogP contribution is -2.43. The summed E-state index contributed by atoms with van der Waals surface area (Å²) in [7, 11) is 0. The van der Waals surface area contributed by atoms with Crippen LogP contribution in [-0.4, -0.2) is 30.7 Å². The summed E-state index contributed by atoms with van der Waals surface area (Å²) in [5.41, 5.74) is 1.27. The lowest BCUT2D eigenvalue weighted by atomic mass is 9.90. The molecule has 4 heteroatoms. The fourth-order valence-electron chi connectivity index (χ4n) is 3.36. The Hall–Kier alpha value is -0.610. The van der Waals surface area contributed by atoms with Crippen LogP contribution in [0.25, 0.3) is 0 Å². The maximum Gasteiger partial charge on any atom is 0.128 e. The van der Waals surface area contributed by atoms with E-state index in [4.69, 9.17) is 0 Å². The smallest absolute Gasteiger partial charge is 0.128 e. The third-order valence-corrected chi connectivity index (χ3v) is 5.31. The molecule has 0 bridgehead atoms. The minimum absolute atomic E-state index is 0.736. The molecule has 2 fully saturated rings. The van der Waals surface area contributed by atoms with Crippen molar-refractivity contribution in [1.29, 1.82) is 0 Å². The van der Waals surface area contributed by atoms with Crippen LogP contribution in [0.5, 0.6) is 0 Å². The minimum atomic E-state index is 0.736. The molecule has 0 radical (unpaired) electrons. The maximum absolute atomic E-state index is 4.58. The molecule has 0 saturated carbocycles. The number of nitrogens with one attached hydrogen (secondary N) is 1. The highest BCUT2D eigenvalue weighted by Gasteiger charge is 2.29. The van der Waals surface area contributed by atoms with Crippen LogP contribution < -0.4 is 10.2 Å². The second-order valence-corrected chi connectivity index (χ2v) is 6.70. The molecule has 1 N–H and O–H groups in total. The first-order chi connectivity index (χ1) is 9.24. The van der Waals surface area contributed by atoms with E-state index in [-0.39, 0.29) is 0 Å². The van der Waals surface area contributed by atoms with Crippen molar-refractivity contribution in [3.05, 3.63) is 22.3 Å². The highest BCUT2D eigenvalue weighted by molar-refractivity contribution is 9.10. The summed E-state index contributed by atoms with van der Waals surface area (Å²) in [6.07, 6.45) is 7.29. The molecule has 2 atom stereocenters. The van der Waals surface area contributed by atoms with Gasteiger partial charge in [-0.25, -0.2) is 4.98 Å². The highest BCUT2D eigenvalue weighted by atomic mass is 79.9. The van der Waals surface area contributed by atoms with E-state index in [2.05, 4.69) is 44.1 Å².